The van der Waals surface area contributed by atoms with Gasteiger partial charge in [-0.1, -0.05) is 29.8 Å². The van der Waals surface area contributed by atoms with Gasteiger partial charge < -0.3 is 10.0 Å². The maximum absolute atomic E-state index is 13.9. The van der Waals surface area contributed by atoms with E-state index in [9.17, 15) is 14.0 Å². The molecule has 1 fully saturated rings. The van der Waals surface area contributed by atoms with Gasteiger partial charge in [-0.3, -0.25) is 9.69 Å². The summed E-state index contributed by atoms with van der Waals surface area (Å²) in [6, 6.07) is 11.0. The summed E-state index contributed by atoms with van der Waals surface area (Å²) >= 11 is 5.97. The predicted octanol–water partition coefficient (Wildman–Crippen LogP) is 3.14. The fourth-order valence-corrected chi connectivity index (χ4v) is 3.22. The van der Waals surface area contributed by atoms with Crippen molar-refractivity contribution in [3.63, 3.8) is 0 Å². The average Bonchev–Trinajstić information content (AvgIpc) is 2.62. The lowest BCUT2D eigenvalue weighted by Crippen LogP contribution is -2.48. The molecule has 1 saturated heterocycles. The average molecular weight is 377 g/mol. The van der Waals surface area contributed by atoms with Crippen molar-refractivity contribution >= 4 is 23.5 Å². The number of hydrogen-bond donors (Lipinski definition) is 1. The zero-order valence-corrected chi connectivity index (χ0v) is 14.7. The minimum Gasteiger partial charge on any atom is -0.478 e. The third-order valence-electron chi connectivity index (χ3n) is 4.44. The topological polar surface area (TPSA) is 60.9 Å². The second kappa shape index (κ2) is 7.85. The van der Waals surface area contributed by atoms with Crippen LogP contribution >= 0.6 is 11.6 Å². The second-order valence-corrected chi connectivity index (χ2v) is 6.57. The first kappa shape index (κ1) is 18.4. The summed E-state index contributed by atoms with van der Waals surface area (Å²) in [5.41, 5.74) is 1.18. The molecular weight excluding hydrogens is 359 g/mol. The molecule has 0 radical (unpaired) electrons. The molecule has 0 aliphatic carbocycles. The molecule has 1 aliphatic heterocycles. The number of carboxylic acids is 1. The molecule has 136 valence electrons. The van der Waals surface area contributed by atoms with Crippen LogP contribution in [0.4, 0.5) is 4.39 Å². The van der Waals surface area contributed by atoms with E-state index in [4.69, 9.17) is 16.7 Å². The third-order valence-corrected chi connectivity index (χ3v) is 4.76. The lowest BCUT2D eigenvalue weighted by atomic mass is 10.1. The summed E-state index contributed by atoms with van der Waals surface area (Å²) in [6.45, 7) is 2.94. The van der Waals surface area contributed by atoms with E-state index < -0.39 is 17.7 Å². The summed E-state index contributed by atoms with van der Waals surface area (Å²) in [5, 5.41) is 9.05. The number of carbonyl (C=O) groups is 2. The molecule has 2 aromatic rings. The number of nitrogens with zero attached hydrogens (tertiary/aromatic N) is 2. The van der Waals surface area contributed by atoms with Crippen LogP contribution in [0.3, 0.4) is 0 Å². The highest BCUT2D eigenvalue weighted by Gasteiger charge is 2.25. The maximum atomic E-state index is 13.9. The van der Waals surface area contributed by atoms with Crippen LogP contribution in [-0.2, 0) is 6.54 Å². The zero-order valence-electron chi connectivity index (χ0n) is 14.0. The van der Waals surface area contributed by atoms with Crippen molar-refractivity contribution in [2.45, 2.75) is 6.54 Å². The Morgan fingerprint density at radius 2 is 1.69 bits per heavy atom. The molecule has 0 aromatic heterocycles. The van der Waals surface area contributed by atoms with Gasteiger partial charge in [0.05, 0.1) is 16.1 Å². The maximum Gasteiger partial charge on any atom is 0.335 e. The molecule has 0 spiro atoms. The number of carboxylic acid groups (broad SMARTS) is 1. The van der Waals surface area contributed by atoms with Gasteiger partial charge in [0.2, 0.25) is 0 Å². The second-order valence-electron chi connectivity index (χ2n) is 6.17. The van der Waals surface area contributed by atoms with Gasteiger partial charge in [-0.05, 0) is 29.8 Å². The van der Waals surface area contributed by atoms with Gasteiger partial charge in [0, 0.05) is 32.7 Å². The van der Waals surface area contributed by atoms with Gasteiger partial charge in [0.15, 0.2) is 0 Å². The standard InChI is InChI=1S/C19H18ClFN2O3/c20-15-2-1-3-16(21)17(15)18(24)23-10-8-22(9-11-23)12-13-4-6-14(7-5-13)19(25)26/h1-7H,8-12H2,(H,25,26). The molecule has 5 nitrogen and oxygen atoms in total. The number of aromatic carboxylic acids is 1. The number of amides is 1. The van der Waals surface area contributed by atoms with Crippen LogP contribution in [0.15, 0.2) is 42.5 Å². The fraction of sp³-hybridized carbons (Fsp3) is 0.263. The van der Waals surface area contributed by atoms with Crippen LogP contribution in [0, 0.1) is 5.82 Å². The molecule has 3 rings (SSSR count). The number of piperazine rings is 1. The minimum atomic E-state index is -0.949. The molecular formula is C19H18ClFN2O3. The minimum absolute atomic E-state index is 0.0770. The summed E-state index contributed by atoms with van der Waals surface area (Å²) < 4.78 is 13.9. The highest BCUT2D eigenvalue weighted by atomic mass is 35.5. The van der Waals surface area contributed by atoms with Crippen molar-refractivity contribution in [2.24, 2.45) is 0 Å². The Hall–Kier alpha value is -2.44. The van der Waals surface area contributed by atoms with Gasteiger partial charge in [-0.2, -0.15) is 0 Å². The van der Waals surface area contributed by atoms with Crippen molar-refractivity contribution in [1.29, 1.82) is 0 Å². The molecule has 0 saturated carbocycles. The molecule has 0 atom stereocenters. The Morgan fingerprint density at radius 3 is 2.27 bits per heavy atom. The number of halogens is 2. The van der Waals surface area contributed by atoms with E-state index >= 15 is 0 Å². The third kappa shape index (κ3) is 4.03. The lowest BCUT2D eigenvalue weighted by molar-refractivity contribution is 0.0623. The van der Waals surface area contributed by atoms with E-state index in [1.54, 1.807) is 29.2 Å². The molecule has 0 bridgehead atoms. The number of carbonyl (C=O) groups excluding carboxylic acids is 1. The van der Waals surface area contributed by atoms with E-state index in [0.29, 0.717) is 32.7 Å². The van der Waals surface area contributed by atoms with Crippen molar-refractivity contribution < 1.29 is 19.1 Å². The van der Waals surface area contributed by atoms with Gasteiger partial charge in [-0.25, -0.2) is 9.18 Å². The molecule has 1 N–H and O–H groups in total. The first-order valence-corrected chi connectivity index (χ1v) is 8.61. The Kier molecular flexibility index (Phi) is 5.54. The van der Waals surface area contributed by atoms with Crippen LogP contribution in [0.5, 0.6) is 0 Å². The summed E-state index contributed by atoms with van der Waals surface area (Å²) in [4.78, 5) is 27.2. The van der Waals surface area contributed by atoms with Crippen molar-refractivity contribution in [3.05, 3.63) is 70.0 Å². The summed E-state index contributed by atoms with van der Waals surface area (Å²) in [6.07, 6.45) is 0. The highest BCUT2D eigenvalue weighted by molar-refractivity contribution is 6.33. The van der Waals surface area contributed by atoms with Crippen LogP contribution in [0.25, 0.3) is 0 Å². The Morgan fingerprint density at radius 1 is 1.04 bits per heavy atom. The van der Waals surface area contributed by atoms with E-state index in [-0.39, 0.29) is 16.1 Å². The zero-order chi connectivity index (χ0) is 18.7. The Bertz CT molecular complexity index is 798. The number of rotatable bonds is 4. The number of benzene rings is 2. The van der Waals surface area contributed by atoms with Crippen LogP contribution in [-0.4, -0.2) is 53.0 Å². The molecule has 0 unspecified atom stereocenters. The monoisotopic (exact) mass is 376 g/mol. The quantitative estimate of drug-likeness (QED) is 0.890. The number of hydrogen-bond acceptors (Lipinski definition) is 3. The largest absolute Gasteiger partial charge is 0.478 e. The molecule has 1 amide bonds. The van der Waals surface area contributed by atoms with E-state index in [1.807, 2.05) is 0 Å². The van der Waals surface area contributed by atoms with Gasteiger partial charge in [-0.15, -0.1) is 0 Å². The fourth-order valence-electron chi connectivity index (χ4n) is 2.98. The summed E-state index contributed by atoms with van der Waals surface area (Å²) in [5.74, 6) is -1.95. The van der Waals surface area contributed by atoms with E-state index in [0.717, 1.165) is 5.56 Å². The van der Waals surface area contributed by atoms with Gasteiger partial charge in [0.25, 0.3) is 5.91 Å². The first-order valence-electron chi connectivity index (χ1n) is 8.23. The van der Waals surface area contributed by atoms with E-state index in [2.05, 4.69) is 4.90 Å². The molecule has 1 aliphatic rings. The van der Waals surface area contributed by atoms with Crippen LogP contribution in [0.2, 0.25) is 5.02 Å². The molecule has 7 heteroatoms. The Balaban J connectivity index is 1.59. The first-order chi connectivity index (χ1) is 12.5. The molecule has 2 aromatic carbocycles. The van der Waals surface area contributed by atoms with E-state index in [1.165, 1.54) is 18.2 Å². The Labute approximate surface area is 155 Å². The highest BCUT2D eigenvalue weighted by Crippen LogP contribution is 2.21. The predicted molar refractivity (Wildman–Crippen MR) is 96.0 cm³/mol. The van der Waals surface area contributed by atoms with Crippen molar-refractivity contribution in [3.8, 4) is 0 Å². The smallest absolute Gasteiger partial charge is 0.335 e. The van der Waals surface area contributed by atoms with Gasteiger partial charge >= 0.3 is 5.97 Å². The lowest BCUT2D eigenvalue weighted by Gasteiger charge is -2.35. The van der Waals surface area contributed by atoms with Crippen LogP contribution in [0.1, 0.15) is 26.3 Å². The normalized spacial score (nSPS) is 15.1. The van der Waals surface area contributed by atoms with Gasteiger partial charge in [0.1, 0.15) is 5.82 Å². The van der Waals surface area contributed by atoms with Crippen LogP contribution < -0.4 is 0 Å². The van der Waals surface area contributed by atoms with Crippen molar-refractivity contribution in [2.75, 3.05) is 26.2 Å². The van der Waals surface area contributed by atoms with Crippen molar-refractivity contribution in [1.82, 2.24) is 9.80 Å². The summed E-state index contributed by atoms with van der Waals surface area (Å²) in [7, 11) is 0. The SMILES string of the molecule is O=C(O)c1ccc(CN2CCN(C(=O)c3c(F)cccc3Cl)CC2)cc1. The molecule has 1 heterocycles. The molecule has 26 heavy (non-hydrogen) atoms.